The summed E-state index contributed by atoms with van der Waals surface area (Å²) in [4.78, 5) is 143. The van der Waals surface area contributed by atoms with E-state index >= 15 is 0 Å². The third-order valence-electron chi connectivity index (χ3n) is 22.3. The topological polar surface area (TPSA) is 404 Å². The zero-order valence-electron chi connectivity index (χ0n) is 70.9. The summed E-state index contributed by atoms with van der Waals surface area (Å²) in [7, 11) is -5.19. The van der Waals surface area contributed by atoms with Crippen molar-refractivity contribution in [2.24, 2.45) is 34.5 Å². The minimum absolute atomic E-state index is 0.00244. The van der Waals surface area contributed by atoms with Crippen LogP contribution in [0.4, 0.5) is 19.9 Å². The summed E-state index contributed by atoms with van der Waals surface area (Å²) in [6, 6.07) is 9.66. The van der Waals surface area contributed by atoms with Crippen LogP contribution in [0.15, 0.2) is 84.6 Å². The molecule has 0 radical (unpaired) electrons. The molecular formula is C84H114N12O20P2S2. The number of nitrogens with one attached hydrogen (secondary N) is 6. The van der Waals surface area contributed by atoms with E-state index < -0.39 is 121 Å². The Morgan fingerprint density at radius 2 is 0.942 bits per heavy atom. The van der Waals surface area contributed by atoms with Crippen molar-refractivity contribution in [1.29, 1.82) is 0 Å². The van der Waals surface area contributed by atoms with E-state index in [1.807, 2.05) is 26.8 Å². The van der Waals surface area contributed by atoms with Gasteiger partial charge in [-0.3, -0.25) is 37.9 Å². The van der Waals surface area contributed by atoms with Gasteiger partial charge in [0.25, 0.3) is 0 Å². The number of pyridine rings is 2. The fourth-order valence-corrected chi connectivity index (χ4v) is 21.1. The van der Waals surface area contributed by atoms with Crippen molar-refractivity contribution < 1.29 is 94.4 Å². The van der Waals surface area contributed by atoms with E-state index in [2.05, 4.69) is 55.0 Å². The van der Waals surface area contributed by atoms with Gasteiger partial charge in [0.15, 0.2) is 10.3 Å². The second-order valence-electron chi connectivity index (χ2n) is 33.8. The Morgan fingerprint density at radius 1 is 0.558 bits per heavy atom. The number of amides is 8. The monoisotopic (exact) mass is 1740 g/mol. The number of thiazole rings is 2. The molecule has 0 bridgehead atoms. The number of aromatic nitrogens is 4. The van der Waals surface area contributed by atoms with Crippen LogP contribution >= 0.6 is 37.9 Å². The molecule has 2 aliphatic heterocycles. The molecule has 8 amide bonds. The number of nitrogens with zero attached hydrogens (tertiary/aromatic N) is 6. The van der Waals surface area contributed by atoms with Crippen LogP contribution in [0.3, 0.4) is 0 Å². The third kappa shape index (κ3) is 20.8. The van der Waals surface area contributed by atoms with Gasteiger partial charge in [0.1, 0.15) is 93.5 Å². The van der Waals surface area contributed by atoms with Crippen LogP contribution in [-0.4, -0.2) is 189 Å². The molecule has 36 heteroatoms. The van der Waals surface area contributed by atoms with Crippen molar-refractivity contribution in [2.75, 3.05) is 57.8 Å². The van der Waals surface area contributed by atoms with Gasteiger partial charge in [0, 0.05) is 82.3 Å². The number of anilines is 2. The highest BCUT2D eigenvalue weighted by Gasteiger charge is 2.69. The number of carbonyl (C=O) groups is 8. The van der Waals surface area contributed by atoms with E-state index in [4.69, 9.17) is 52.0 Å². The van der Waals surface area contributed by atoms with E-state index in [-0.39, 0.29) is 94.5 Å². The highest BCUT2D eigenvalue weighted by Crippen LogP contribution is 2.73. The third-order valence-corrected chi connectivity index (χ3v) is 28.9. The van der Waals surface area contributed by atoms with Crippen molar-refractivity contribution >= 4 is 118 Å². The number of ether oxygens (including phenoxy) is 6. The van der Waals surface area contributed by atoms with E-state index in [1.54, 1.807) is 143 Å². The van der Waals surface area contributed by atoms with E-state index in [0.29, 0.717) is 77.8 Å². The zero-order valence-corrected chi connectivity index (χ0v) is 74.3. The predicted octanol–water partition coefficient (Wildman–Crippen LogP) is 14.3. The minimum atomic E-state index is -4.38. The van der Waals surface area contributed by atoms with Gasteiger partial charge in [-0.1, -0.05) is 81.4 Å². The highest BCUT2D eigenvalue weighted by molar-refractivity contribution is 7.56. The molecule has 11 atom stereocenters. The Bertz CT molecular complexity index is 4890. The molecule has 32 nitrogen and oxygen atoms in total. The Labute approximate surface area is 707 Å². The summed E-state index contributed by atoms with van der Waals surface area (Å²) in [5, 5.41) is 19.7. The largest absolute Gasteiger partial charge is 0.497 e. The summed E-state index contributed by atoms with van der Waals surface area (Å²) in [5.41, 5.74) is 1.35. The molecule has 6 aliphatic rings. The van der Waals surface area contributed by atoms with Gasteiger partial charge in [0.05, 0.1) is 69.6 Å². The molecule has 7 N–H and O–H groups in total. The second kappa shape index (κ2) is 38.1. The molecule has 6 heterocycles. The fourth-order valence-electron chi connectivity index (χ4n) is 15.5. The van der Waals surface area contributed by atoms with Crippen molar-refractivity contribution in [3.8, 4) is 45.8 Å². The summed E-state index contributed by atoms with van der Waals surface area (Å²) >= 11 is 2.52. The Kier molecular flexibility index (Phi) is 29.1. The normalized spacial score (nSPS) is 22.8. The lowest BCUT2D eigenvalue weighted by molar-refractivity contribution is -0.142. The van der Waals surface area contributed by atoms with Gasteiger partial charge in [-0.05, 0) is 120 Å². The molecule has 120 heavy (non-hydrogen) atoms. The van der Waals surface area contributed by atoms with Crippen molar-refractivity contribution in [2.45, 2.75) is 226 Å². The van der Waals surface area contributed by atoms with Gasteiger partial charge in [0.2, 0.25) is 35.4 Å². The predicted molar refractivity (Wildman–Crippen MR) is 456 cm³/mol. The average Bonchev–Trinajstić information content (AvgIpc) is 1.57. The number of fused-ring (bicyclic) bond motifs is 2. The smallest absolute Gasteiger partial charge is 0.408 e. The van der Waals surface area contributed by atoms with Crippen LogP contribution in [0.2, 0.25) is 0 Å². The molecule has 6 fully saturated rings. The van der Waals surface area contributed by atoms with Crippen LogP contribution in [-0.2, 0) is 60.9 Å². The average molecular weight is 1740 g/mol. The maximum atomic E-state index is 14.9. The summed E-state index contributed by atoms with van der Waals surface area (Å²) in [6.45, 7) is 30.8. The number of carbonyl (C=O) groups excluding carboxylic acids is 8. The van der Waals surface area contributed by atoms with Crippen LogP contribution in [0.1, 0.15) is 167 Å². The van der Waals surface area contributed by atoms with Crippen LogP contribution < -0.4 is 50.8 Å². The Hall–Kier alpha value is -9.14. The summed E-state index contributed by atoms with van der Waals surface area (Å²) in [6.07, 6.45) is 7.00. The van der Waals surface area contributed by atoms with Crippen molar-refractivity contribution in [3.05, 3.63) is 84.6 Å². The molecule has 2 saturated heterocycles. The van der Waals surface area contributed by atoms with Crippen LogP contribution in [0.5, 0.6) is 23.0 Å². The van der Waals surface area contributed by atoms with Gasteiger partial charge in [-0.25, -0.2) is 29.5 Å². The molecule has 2 aromatic carbocycles. The molecule has 652 valence electrons. The molecule has 4 aromatic heterocycles. The number of methoxy groups -OCH3 is 2. The quantitative estimate of drug-likeness (QED) is 0.0152. The van der Waals surface area contributed by atoms with Gasteiger partial charge in [-0.15, -0.1) is 35.8 Å². The van der Waals surface area contributed by atoms with Gasteiger partial charge >= 0.3 is 27.4 Å². The SMILES string of the molecule is C=C[C@@H]1C[C@]1(NC(=O)[C@@H]1C[C@@H](Oc2cc(-c3csc(NC(=O)C(C)C)n3)nc3cc(OC)ccc23)CN1C(=O)[C@@H](NC(=O)OC1CCCC1)C(C)(C)C)P(=O)(O)OCC.C=C[C@@H]1C[C@]1(NC(=O)[C@@H]1C[C@@H](Oc2cc(-c3csc(NC(=O)C(C)C)n3)nc3cc(OC)ccc23)CN1C(=O)[C@@H](NC(=O)OC1CCCC1)C(C)(C)C)P(=O)(OCC)OCC. The molecular weight excluding hydrogens is 1620 g/mol. The Balaban J connectivity index is 0.000000235. The minimum Gasteiger partial charge on any atom is -0.497 e. The Morgan fingerprint density at radius 3 is 1.29 bits per heavy atom. The number of rotatable bonds is 32. The van der Waals surface area contributed by atoms with Crippen LogP contribution in [0.25, 0.3) is 44.6 Å². The van der Waals surface area contributed by atoms with E-state index in [0.717, 1.165) is 51.4 Å². The lowest BCUT2D eigenvalue weighted by Crippen LogP contribution is -2.58. The van der Waals surface area contributed by atoms with Crippen molar-refractivity contribution in [1.82, 2.24) is 51.0 Å². The van der Waals surface area contributed by atoms with Crippen molar-refractivity contribution in [3.63, 3.8) is 0 Å². The van der Waals surface area contributed by atoms with Gasteiger partial charge in [-0.2, -0.15) is 0 Å². The molecule has 4 aliphatic carbocycles. The maximum Gasteiger partial charge on any atom is 0.408 e. The lowest BCUT2D eigenvalue weighted by atomic mass is 9.85. The first-order valence-corrected chi connectivity index (χ1v) is 45.9. The first kappa shape index (κ1) is 91.6. The molecule has 4 saturated carbocycles. The lowest BCUT2D eigenvalue weighted by Gasteiger charge is -2.36. The number of hydrogen-bond donors (Lipinski definition) is 7. The molecule has 0 spiro atoms. The number of hydrogen-bond acceptors (Lipinski definition) is 25. The number of likely N-dealkylation sites (tertiary alicyclic amines) is 2. The van der Waals surface area contributed by atoms with E-state index in [9.17, 15) is 52.4 Å². The zero-order chi connectivity index (χ0) is 87.1. The van der Waals surface area contributed by atoms with Crippen LogP contribution in [0, 0.1) is 34.5 Å². The molecule has 12 rings (SSSR count). The number of alkyl carbamates (subject to hydrolysis) is 2. The van der Waals surface area contributed by atoms with E-state index in [1.165, 1.54) is 38.5 Å². The van der Waals surface area contributed by atoms with Gasteiger partial charge < -0.3 is 88.6 Å². The molecule has 6 aromatic rings. The highest BCUT2D eigenvalue weighted by atomic mass is 32.1. The first-order chi connectivity index (χ1) is 56.8. The summed E-state index contributed by atoms with van der Waals surface area (Å²) in [5.74, 6) is -2.14. The summed E-state index contributed by atoms with van der Waals surface area (Å²) < 4.78 is 80.5. The maximum absolute atomic E-state index is 14.9. The second-order valence-corrected chi connectivity index (χ2v) is 39.9. The standard InChI is InChI=1S/C43H59N6O10PS.C41H55N6O10PS/c1-10-26-22-43(26,60(54,56-11-2)57-12-3)48-38(51)34-20-29(23-49(34)39(52)36(42(6,7)8)46-41(53)59-27-15-13-14-16-27)58-35-21-32(44-31-19-28(55-9)17-18-30(31)35)33-24-61-40(45-33)47-37(50)25(4)5;1-9-24-20-41(24,58(52,53)55-10-2)46-36(49)32-18-27(21-47(32)37(50)34(40(5,6)7)44-39(51)57-25-13-11-12-14-25)56-33-19-30(42-29-17-26(54-8)15-16-28(29)33)31-22-59-38(43-31)45-35(48)23(3)4/h10,17-19,21,24-27,29,34,36H,1,11-16,20,22-23H2,2-9H3,(H,46,53)(H,48,51)(H,45,47,50);9,15-17,19,22-25,27,32,34H,1,10-14,18,20-21H2,2-8H3,(H,44,51)(H,46,49)(H,52,53)(H,43,45,48)/t26-,29-,34+,36-,43+;24-,27-,32+,34-,41+/m11/s1. The molecule has 1 unspecified atom stereocenters. The first-order valence-electron chi connectivity index (χ1n) is 41.0. The number of benzene rings is 2. The fraction of sp³-hybridized carbons (Fsp3) is 0.571.